The van der Waals surface area contributed by atoms with Crippen molar-refractivity contribution in [2.75, 3.05) is 6.61 Å². The first-order valence-corrected chi connectivity index (χ1v) is 19.3. The van der Waals surface area contributed by atoms with E-state index in [4.69, 9.17) is 14.2 Å². The molecule has 5 aromatic rings. The molecule has 242 valence electrons. The average Bonchev–Trinajstić information content (AvgIpc) is 3.08. The highest BCUT2D eigenvalue weighted by Crippen LogP contribution is 2.50. The van der Waals surface area contributed by atoms with E-state index in [1.54, 1.807) is 9.12 Å². The van der Waals surface area contributed by atoms with Gasteiger partial charge in [-0.1, -0.05) is 118 Å². The van der Waals surface area contributed by atoms with Gasteiger partial charge < -0.3 is 14.2 Å². The van der Waals surface area contributed by atoms with Crippen molar-refractivity contribution in [3.63, 3.8) is 0 Å². The van der Waals surface area contributed by atoms with Crippen LogP contribution in [0.15, 0.2) is 109 Å². The number of hydrogen-bond acceptors (Lipinski definition) is 6. The van der Waals surface area contributed by atoms with Gasteiger partial charge in [-0.3, -0.25) is 0 Å². The summed E-state index contributed by atoms with van der Waals surface area (Å²) in [6, 6.07) is 36.2. The second-order valence-corrected chi connectivity index (χ2v) is 14.8. The Kier molecular flexibility index (Phi) is 10.4. The maximum Gasteiger partial charge on any atom is 0.338 e. The SMILES string of the molecule is C[C@@H]1c2c(OCc3ccccc3)cc(OCc3ccccc3)c(C(C)(C)C)c2C[C@@H](COC(=O)c2cccc3ccccc23)N1SI. The number of carbonyl (C=O) groups excluding carboxylic acids is 1. The predicted molar refractivity (Wildman–Crippen MR) is 200 cm³/mol. The van der Waals surface area contributed by atoms with E-state index in [1.807, 2.05) is 78.9 Å². The first-order valence-electron chi connectivity index (χ1n) is 16.0. The number of benzene rings is 5. The fraction of sp³-hybridized carbons (Fsp3) is 0.275. The van der Waals surface area contributed by atoms with Crippen LogP contribution >= 0.6 is 30.3 Å². The molecule has 0 spiro atoms. The van der Waals surface area contributed by atoms with Crippen LogP contribution in [0.3, 0.4) is 0 Å². The Morgan fingerprint density at radius 1 is 0.830 bits per heavy atom. The highest BCUT2D eigenvalue weighted by Gasteiger charge is 2.40. The molecule has 0 fully saturated rings. The monoisotopic (exact) mass is 757 g/mol. The summed E-state index contributed by atoms with van der Waals surface area (Å²) in [6.07, 6.45) is 0.690. The summed E-state index contributed by atoms with van der Waals surface area (Å²) in [5, 5.41) is 1.92. The van der Waals surface area contributed by atoms with Gasteiger partial charge in [0.25, 0.3) is 0 Å². The Balaban J connectivity index is 1.37. The van der Waals surface area contributed by atoms with Crippen molar-refractivity contribution in [3.8, 4) is 11.5 Å². The largest absolute Gasteiger partial charge is 0.488 e. The zero-order valence-corrected chi connectivity index (χ0v) is 30.2. The molecule has 5 nitrogen and oxygen atoms in total. The van der Waals surface area contributed by atoms with Crippen LogP contribution in [0.4, 0.5) is 0 Å². The van der Waals surface area contributed by atoms with E-state index in [0.717, 1.165) is 33.4 Å². The van der Waals surface area contributed by atoms with Gasteiger partial charge in [-0.2, -0.15) is 0 Å². The summed E-state index contributed by atoms with van der Waals surface area (Å²) >= 11 is 2.35. The van der Waals surface area contributed by atoms with Crippen LogP contribution in [0, 0.1) is 0 Å². The maximum absolute atomic E-state index is 13.5. The Hall–Kier alpha value is -3.53. The van der Waals surface area contributed by atoms with E-state index in [9.17, 15) is 4.79 Å². The van der Waals surface area contributed by atoms with Gasteiger partial charge >= 0.3 is 5.97 Å². The highest BCUT2D eigenvalue weighted by molar-refractivity contribution is 14.2. The van der Waals surface area contributed by atoms with Crippen molar-refractivity contribution < 1.29 is 19.0 Å². The summed E-state index contributed by atoms with van der Waals surface area (Å²) in [7, 11) is 1.65. The lowest BCUT2D eigenvalue weighted by molar-refractivity contribution is 0.0400. The molecule has 0 saturated heterocycles. The van der Waals surface area contributed by atoms with E-state index in [0.29, 0.717) is 25.2 Å². The fourth-order valence-corrected chi connectivity index (χ4v) is 9.03. The smallest absolute Gasteiger partial charge is 0.338 e. The maximum atomic E-state index is 13.5. The predicted octanol–water partition coefficient (Wildman–Crippen LogP) is 10.4. The number of ether oxygens (including phenoxy) is 3. The van der Waals surface area contributed by atoms with Gasteiger partial charge in [0.2, 0.25) is 0 Å². The third-order valence-electron chi connectivity index (χ3n) is 8.72. The minimum atomic E-state index is -0.304. The molecule has 1 aliphatic rings. The van der Waals surface area contributed by atoms with Crippen LogP contribution in [-0.4, -0.2) is 22.9 Å². The summed E-state index contributed by atoms with van der Waals surface area (Å²) in [5.41, 5.74) is 6.14. The van der Waals surface area contributed by atoms with Crippen molar-refractivity contribution >= 4 is 47.1 Å². The lowest BCUT2D eigenvalue weighted by Gasteiger charge is -2.42. The number of carbonyl (C=O) groups is 1. The average molecular weight is 758 g/mol. The standard InChI is InChI=1S/C40H40INO4S/c1-27-37-34(22-31(42(27)47-41)26-46-39(43)33-21-13-19-30-18-11-12-20-32(30)33)38(40(2,3)4)36(45-25-29-16-9-6-10-17-29)23-35(37)44-24-28-14-7-5-8-15-28/h5-21,23,27,31H,22,24-26H2,1-4H3/t27-,31+/m1/s1. The molecule has 0 bridgehead atoms. The van der Waals surface area contributed by atoms with Gasteiger partial charge in [0.15, 0.2) is 0 Å². The van der Waals surface area contributed by atoms with Gasteiger partial charge in [-0.15, -0.1) is 0 Å². The van der Waals surface area contributed by atoms with E-state index >= 15 is 0 Å². The van der Waals surface area contributed by atoms with Crippen LogP contribution in [0.5, 0.6) is 11.5 Å². The van der Waals surface area contributed by atoms with E-state index in [-0.39, 0.29) is 30.1 Å². The molecule has 5 aromatic carbocycles. The third kappa shape index (κ3) is 7.47. The van der Waals surface area contributed by atoms with Crippen LogP contribution in [-0.2, 0) is 29.8 Å². The topological polar surface area (TPSA) is 48.0 Å². The quantitative estimate of drug-likeness (QED) is 0.0803. The van der Waals surface area contributed by atoms with Crippen molar-refractivity contribution in [2.45, 2.75) is 64.8 Å². The van der Waals surface area contributed by atoms with Gasteiger partial charge in [0.1, 0.15) is 31.3 Å². The zero-order chi connectivity index (χ0) is 33.0. The second-order valence-electron chi connectivity index (χ2n) is 13.0. The molecule has 2 atom stereocenters. The summed E-state index contributed by atoms with van der Waals surface area (Å²) in [6.45, 7) is 10.1. The lowest BCUT2D eigenvalue weighted by atomic mass is 9.76. The molecule has 0 amide bonds. The molecule has 0 aromatic heterocycles. The van der Waals surface area contributed by atoms with E-state index in [2.05, 4.69) is 83.5 Å². The minimum absolute atomic E-state index is 0.00282. The molecular formula is C40H40INO4S. The molecule has 1 heterocycles. The number of esters is 1. The van der Waals surface area contributed by atoms with Crippen molar-refractivity contribution in [1.82, 2.24) is 4.31 Å². The van der Waals surface area contributed by atoms with Gasteiger partial charge in [0.05, 0.1) is 11.6 Å². The third-order valence-corrected chi connectivity index (χ3v) is 10.9. The molecule has 0 N–H and O–H groups in total. The Morgan fingerprint density at radius 3 is 2.06 bits per heavy atom. The molecule has 0 unspecified atom stereocenters. The molecule has 6 rings (SSSR count). The summed E-state index contributed by atoms with van der Waals surface area (Å²) in [5.74, 6) is 1.35. The fourth-order valence-electron chi connectivity index (χ4n) is 6.57. The Labute approximate surface area is 294 Å². The molecule has 0 aliphatic carbocycles. The van der Waals surface area contributed by atoms with E-state index < -0.39 is 0 Å². The van der Waals surface area contributed by atoms with Gasteiger partial charge in [-0.05, 0) is 61.4 Å². The number of rotatable bonds is 10. The van der Waals surface area contributed by atoms with Crippen LogP contribution < -0.4 is 9.47 Å². The first kappa shape index (κ1) is 33.4. The number of fused-ring (bicyclic) bond motifs is 2. The number of hydrogen-bond donors (Lipinski definition) is 0. The van der Waals surface area contributed by atoms with Crippen LogP contribution in [0.2, 0.25) is 0 Å². The van der Waals surface area contributed by atoms with Gasteiger partial charge in [0, 0.05) is 44.4 Å². The number of halogens is 1. The second kappa shape index (κ2) is 14.7. The molecule has 47 heavy (non-hydrogen) atoms. The summed E-state index contributed by atoms with van der Waals surface area (Å²) in [4.78, 5) is 13.5. The van der Waals surface area contributed by atoms with Crippen molar-refractivity contribution in [2.24, 2.45) is 0 Å². The highest BCUT2D eigenvalue weighted by atomic mass is 127. The summed E-state index contributed by atoms with van der Waals surface area (Å²) < 4.78 is 21.7. The molecule has 0 radical (unpaired) electrons. The van der Waals surface area contributed by atoms with Crippen LogP contribution in [0.25, 0.3) is 10.8 Å². The zero-order valence-electron chi connectivity index (χ0n) is 27.2. The number of nitrogens with zero attached hydrogens (tertiary/aromatic N) is 1. The molecule has 1 aliphatic heterocycles. The van der Waals surface area contributed by atoms with Crippen LogP contribution in [0.1, 0.15) is 71.9 Å². The minimum Gasteiger partial charge on any atom is -0.488 e. The van der Waals surface area contributed by atoms with Crippen molar-refractivity contribution in [3.05, 3.63) is 143 Å². The van der Waals surface area contributed by atoms with Gasteiger partial charge in [-0.25, -0.2) is 9.10 Å². The Morgan fingerprint density at radius 2 is 1.43 bits per heavy atom. The van der Waals surface area contributed by atoms with Crippen molar-refractivity contribution in [1.29, 1.82) is 0 Å². The Bertz CT molecular complexity index is 1840. The normalized spacial score (nSPS) is 16.4. The molecular weight excluding hydrogens is 717 g/mol. The molecule has 7 heteroatoms. The first-order chi connectivity index (χ1) is 22.7. The van der Waals surface area contributed by atoms with E-state index in [1.165, 1.54) is 16.7 Å². The lowest BCUT2D eigenvalue weighted by Crippen LogP contribution is -2.42. The molecule has 0 saturated carbocycles.